The van der Waals surface area contributed by atoms with Gasteiger partial charge >= 0.3 is 0 Å². The number of aromatic nitrogens is 1. The molecule has 0 radical (unpaired) electrons. The molecule has 1 aliphatic carbocycles. The third kappa shape index (κ3) is 4.79. The molecule has 0 bridgehead atoms. The van der Waals surface area contributed by atoms with Gasteiger partial charge in [-0.05, 0) is 43.9 Å². The number of anilines is 1. The number of carbonyl (C=O) groups excluding carboxylic acids is 2. The summed E-state index contributed by atoms with van der Waals surface area (Å²) in [5.74, 6) is 0.729. The molecular formula is C18H21N3O3S. The normalized spacial score (nSPS) is 13.4. The summed E-state index contributed by atoms with van der Waals surface area (Å²) in [7, 11) is 1.56. The highest BCUT2D eigenvalue weighted by Crippen LogP contribution is 2.30. The summed E-state index contributed by atoms with van der Waals surface area (Å²) in [5, 5.41) is 3.32. The fourth-order valence-electron chi connectivity index (χ4n) is 2.51. The lowest BCUT2D eigenvalue weighted by Crippen LogP contribution is -2.39. The second-order valence-corrected chi connectivity index (χ2v) is 7.42. The number of hydrogen-bond donors (Lipinski definition) is 1. The molecule has 0 atom stereocenters. The Morgan fingerprint density at radius 1 is 1.40 bits per heavy atom. The molecule has 2 aromatic rings. The van der Waals surface area contributed by atoms with Gasteiger partial charge in [-0.15, -0.1) is 11.3 Å². The van der Waals surface area contributed by atoms with E-state index >= 15 is 0 Å². The van der Waals surface area contributed by atoms with Gasteiger partial charge in [-0.25, -0.2) is 4.98 Å². The largest absolute Gasteiger partial charge is 0.497 e. The Balaban J connectivity index is 1.69. The van der Waals surface area contributed by atoms with Crippen LogP contribution in [0.3, 0.4) is 0 Å². The van der Waals surface area contributed by atoms with Crippen LogP contribution < -0.4 is 10.1 Å². The van der Waals surface area contributed by atoms with Crippen molar-refractivity contribution < 1.29 is 14.3 Å². The summed E-state index contributed by atoms with van der Waals surface area (Å²) in [6, 6.07) is 7.01. The Labute approximate surface area is 150 Å². The van der Waals surface area contributed by atoms with Crippen LogP contribution in [0.15, 0.2) is 30.5 Å². The number of methoxy groups -OCH3 is 1. The molecule has 1 heterocycles. The Morgan fingerprint density at radius 3 is 2.84 bits per heavy atom. The summed E-state index contributed by atoms with van der Waals surface area (Å²) in [6.45, 7) is 2.55. The van der Waals surface area contributed by atoms with E-state index in [2.05, 4.69) is 10.3 Å². The maximum Gasteiger partial charge on any atom is 0.254 e. The Hall–Kier alpha value is -2.41. The van der Waals surface area contributed by atoms with Gasteiger partial charge < -0.3 is 15.0 Å². The number of hydrogen-bond acceptors (Lipinski definition) is 5. The number of thiazole rings is 1. The number of carbonyl (C=O) groups is 2. The molecule has 1 saturated carbocycles. The summed E-state index contributed by atoms with van der Waals surface area (Å²) in [4.78, 5) is 31.9. The van der Waals surface area contributed by atoms with E-state index < -0.39 is 0 Å². The number of amides is 2. The van der Waals surface area contributed by atoms with Crippen LogP contribution in [0.5, 0.6) is 5.75 Å². The molecule has 132 valence electrons. The third-order valence-corrected chi connectivity index (χ3v) is 4.81. The number of nitrogens with one attached hydrogen (secondary N) is 1. The predicted octanol–water partition coefficient (Wildman–Crippen LogP) is 2.95. The van der Waals surface area contributed by atoms with Crippen molar-refractivity contribution in [3.05, 3.63) is 40.9 Å². The van der Waals surface area contributed by atoms with Crippen LogP contribution in [0.25, 0.3) is 0 Å². The van der Waals surface area contributed by atoms with Gasteiger partial charge in [0.05, 0.1) is 7.11 Å². The molecular weight excluding hydrogens is 338 g/mol. The fourth-order valence-corrected chi connectivity index (χ4v) is 3.20. The first-order chi connectivity index (χ1) is 12.0. The zero-order chi connectivity index (χ0) is 17.8. The van der Waals surface area contributed by atoms with Crippen LogP contribution >= 0.6 is 11.3 Å². The van der Waals surface area contributed by atoms with E-state index in [-0.39, 0.29) is 18.4 Å². The second kappa shape index (κ2) is 7.65. The molecule has 7 heteroatoms. The molecule has 0 aliphatic heterocycles. The van der Waals surface area contributed by atoms with Gasteiger partial charge in [-0.2, -0.15) is 0 Å². The standard InChI is InChI=1S/C18H21N3O3S/c1-12-9-19-18(25-12)20-16(22)11-21(10-13-6-7-13)17(23)14-4-3-5-15(8-14)24-2/h3-5,8-9,13H,6-7,10-11H2,1-2H3,(H,19,20,22). The molecule has 1 fully saturated rings. The van der Waals surface area contributed by atoms with Crippen LogP contribution in [0.2, 0.25) is 0 Å². The molecule has 1 aliphatic rings. The predicted molar refractivity (Wildman–Crippen MR) is 97.1 cm³/mol. The average Bonchev–Trinajstić information content (AvgIpc) is 3.34. The van der Waals surface area contributed by atoms with Gasteiger partial charge in [0.2, 0.25) is 5.91 Å². The number of nitrogens with zero attached hydrogens (tertiary/aromatic N) is 2. The van der Waals surface area contributed by atoms with Crippen LogP contribution in [0, 0.1) is 12.8 Å². The number of ether oxygens (including phenoxy) is 1. The Bertz CT molecular complexity index is 770. The molecule has 0 unspecified atom stereocenters. The molecule has 1 aromatic heterocycles. The lowest BCUT2D eigenvalue weighted by atomic mass is 10.1. The van der Waals surface area contributed by atoms with E-state index in [9.17, 15) is 9.59 Å². The number of benzene rings is 1. The van der Waals surface area contributed by atoms with E-state index in [1.54, 1.807) is 42.5 Å². The van der Waals surface area contributed by atoms with E-state index in [0.717, 1.165) is 17.7 Å². The summed E-state index contributed by atoms with van der Waals surface area (Å²) in [6.07, 6.45) is 3.92. The van der Waals surface area contributed by atoms with Crippen LogP contribution in [0.1, 0.15) is 28.1 Å². The van der Waals surface area contributed by atoms with Crippen molar-refractivity contribution in [1.82, 2.24) is 9.88 Å². The van der Waals surface area contributed by atoms with Crippen molar-refractivity contribution in [2.24, 2.45) is 5.92 Å². The van der Waals surface area contributed by atoms with Gasteiger partial charge in [-0.3, -0.25) is 9.59 Å². The maximum absolute atomic E-state index is 12.8. The van der Waals surface area contributed by atoms with Crippen molar-refractivity contribution in [3.8, 4) is 5.75 Å². The van der Waals surface area contributed by atoms with E-state index in [1.165, 1.54) is 11.3 Å². The van der Waals surface area contributed by atoms with Gasteiger partial charge in [0.25, 0.3) is 5.91 Å². The fraction of sp³-hybridized carbons (Fsp3) is 0.389. The molecule has 1 N–H and O–H groups in total. The van der Waals surface area contributed by atoms with Crippen molar-refractivity contribution in [1.29, 1.82) is 0 Å². The highest BCUT2D eigenvalue weighted by molar-refractivity contribution is 7.15. The van der Waals surface area contributed by atoms with E-state index in [0.29, 0.717) is 28.9 Å². The monoisotopic (exact) mass is 359 g/mol. The van der Waals surface area contributed by atoms with Crippen LogP contribution in [-0.4, -0.2) is 41.9 Å². The molecule has 6 nitrogen and oxygen atoms in total. The Morgan fingerprint density at radius 2 is 2.20 bits per heavy atom. The van der Waals surface area contributed by atoms with Crippen molar-refractivity contribution in [2.75, 3.05) is 25.5 Å². The minimum Gasteiger partial charge on any atom is -0.497 e. The lowest BCUT2D eigenvalue weighted by molar-refractivity contribution is -0.116. The van der Waals surface area contributed by atoms with Crippen molar-refractivity contribution in [3.63, 3.8) is 0 Å². The van der Waals surface area contributed by atoms with Crippen molar-refractivity contribution >= 4 is 28.3 Å². The minimum absolute atomic E-state index is 0.0190. The third-order valence-electron chi connectivity index (χ3n) is 3.98. The van der Waals surface area contributed by atoms with Gasteiger partial charge in [0.1, 0.15) is 12.3 Å². The first-order valence-electron chi connectivity index (χ1n) is 8.21. The molecule has 0 saturated heterocycles. The second-order valence-electron chi connectivity index (χ2n) is 6.19. The minimum atomic E-state index is -0.230. The number of rotatable bonds is 7. The van der Waals surface area contributed by atoms with Crippen LogP contribution in [0.4, 0.5) is 5.13 Å². The lowest BCUT2D eigenvalue weighted by Gasteiger charge is -2.22. The summed E-state index contributed by atoms with van der Waals surface area (Å²) >= 11 is 1.42. The molecule has 2 amide bonds. The zero-order valence-electron chi connectivity index (χ0n) is 14.3. The van der Waals surface area contributed by atoms with Crippen molar-refractivity contribution in [2.45, 2.75) is 19.8 Å². The molecule has 0 spiro atoms. The SMILES string of the molecule is COc1cccc(C(=O)N(CC(=O)Nc2ncc(C)s2)CC2CC2)c1. The molecule has 25 heavy (non-hydrogen) atoms. The first-order valence-corrected chi connectivity index (χ1v) is 9.02. The topological polar surface area (TPSA) is 71.5 Å². The highest BCUT2D eigenvalue weighted by atomic mass is 32.1. The first kappa shape index (κ1) is 17.4. The summed E-state index contributed by atoms with van der Waals surface area (Å²) < 4.78 is 5.18. The van der Waals surface area contributed by atoms with Gasteiger partial charge in [-0.1, -0.05) is 6.07 Å². The van der Waals surface area contributed by atoms with E-state index in [4.69, 9.17) is 4.74 Å². The van der Waals surface area contributed by atoms with Gasteiger partial charge in [0, 0.05) is 23.2 Å². The Kier molecular flexibility index (Phi) is 5.33. The van der Waals surface area contributed by atoms with Crippen LogP contribution in [-0.2, 0) is 4.79 Å². The molecule has 1 aromatic carbocycles. The maximum atomic E-state index is 12.8. The number of aryl methyl sites for hydroxylation is 1. The van der Waals surface area contributed by atoms with Gasteiger partial charge in [0.15, 0.2) is 5.13 Å². The smallest absolute Gasteiger partial charge is 0.254 e. The average molecular weight is 359 g/mol. The zero-order valence-corrected chi connectivity index (χ0v) is 15.1. The quantitative estimate of drug-likeness (QED) is 0.825. The molecule has 3 rings (SSSR count). The summed E-state index contributed by atoms with van der Waals surface area (Å²) in [5.41, 5.74) is 0.526. The van der Waals surface area contributed by atoms with E-state index in [1.807, 2.05) is 6.92 Å². The highest BCUT2D eigenvalue weighted by Gasteiger charge is 2.28.